The molecular formula is C11H15NO2S. The zero-order valence-corrected chi connectivity index (χ0v) is 9.46. The molecule has 1 saturated heterocycles. The highest BCUT2D eigenvalue weighted by molar-refractivity contribution is 7.99. The number of hydrogen-bond donors (Lipinski definition) is 0. The molecule has 0 atom stereocenters. The number of carbonyl (C=O) groups is 1. The van der Waals surface area contributed by atoms with Gasteiger partial charge < -0.3 is 4.42 Å². The Morgan fingerprint density at radius 1 is 1.40 bits per heavy atom. The number of nitrogens with zero attached hydrogens (tertiary/aromatic N) is 1. The van der Waals surface area contributed by atoms with E-state index in [-0.39, 0.29) is 0 Å². The summed E-state index contributed by atoms with van der Waals surface area (Å²) in [4.78, 5) is 12.8. The summed E-state index contributed by atoms with van der Waals surface area (Å²) in [7, 11) is 0. The molecule has 1 aromatic heterocycles. The largest absolute Gasteiger partial charge is 0.457 e. The van der Waals surface area contributed by atoms with E-state index in [0.29, 0.717) is 5.76 Å². The van der Waals surface area contributed by atoms with Crippen LogP contribution in [0.4, 0.5) is 0 Å². The lowest BCUT2D eigenvalue weighted by Crippen LogP contribution is -2.25. The van der Waals surface area contributed by atoms with Crippen LogP contribution in [0.15, 0.2) is 16.5 Å². The molecule has 82 valence electrons. The standard InChI is InChI=1S/C11H15NO2S/c13-9-11-3-2-10(14-11)8-12-4-1-6-15-7-5-12/h2-3,9H,1,4-8H2. The Morgan fingerprint density at radius 3 is 3.13 bits per heavy atom. The summed E-state index contributed by atoms with van der Waals surface area (Å²) in [6.45, 7) is 3.07. The molecule has 0 spiro atoms. The van der Waals surface area contributed by atoms with E-state index in [9.17, 15) is 4.79 Å². The first kappa shape index (κ1) is 10.8. The topological polar surface area (TPSA) is 33.5 Å². The van der Waals surface area contributed by atoms with Crippen LogP contribution in [-0.2, 0) is 6.54 Å². The monoisotopic (exact) mass is 225 g/mol. The van der Waals surface area contributed by atoms with Crippen LogP contribution >= 0.6 is 11.8 Å². The summed E-state index contributed by atoms with van der Waals surface area (Å²) in [6, 6.07) is 3.62. The fourth-order valence-electron chi connectivity index (χ4n) is 1.72. The highest BCUT2D eigenvalue weighted by Gasteiger charge is 2.11. The first-order chi connectivity index (χ1) is 7.38. The van der Waals surface area contributed by atoms with Gasteiger partial charge in [0.15, 0.2) is 12.0 Å². The van der Waals surface area contributed by atoms with Crippen LogP contribution in [0, 0.1) is 0 Å². The van der Waals surface area contributed by atoms with Gasteiger partial charge in [0.05, 0.1) is 6.54 Å². The minimum Gasteiger partial charge on any atom is -0.457 e. The summed E-state index contributed by atoms with van der Waals surface area (Å²) in [6.07, 6.45) is 1.99. The molecule has 1 aromatic rings. The lowest BCUT2D eigenvalue weighted by Gasteiger charge is -2.17. The van der Waals surface area contributed by atoms with Crippen molar-refractivity contribution in [2.45, 2.75) is 13.0 Å². The van der Waals surface area contributed by atoms with Gasteiger partial charge in [0.1, 0.15) is 5.76 Å². The molecule has 0 unspecified atom stereocenters. The third-order valence-corrected chi connectivity index (χ3v) is 3.54. The smallest absolute Gasteiger partial charge is 0.185 e. The molecular weight excluding hydrogens is 210 g/mol. The van der Waals surface area contributed by atoms with Crippen molar-refractivity contribution in [1.29, 1.82) is 0 Å². The van der Waals surface area contributed by atoms with Crippen molar-refractivity contribution in [2.24, 2.45) is 0 Å². The Hall–Kier alpha value is -0.740. The second kappa shape index (κ2) is 5.37. The maximum Gasteiger partial charge on any atom is 0.185 e. The fraction of sp³-hybridized carbons (Fsp3) is 0.545. The first-order valence-corrected chi connectivity index (χ1v) is 6.38. The molecule has 15 heavy (non-hydrogen) atoms. The maximum absolute atomic E-state index is 10.5. The van der Waals surface area contributed by atoms with Crippen molar-refractivity contribution in [3.63, 3.8) is 0 Å². The molecule has 1 aliphatic rings. The Labute approximate surface area is 93.8 Å². The summed E-state index contributed by atoms with van der Waals surface area (Å²) in [5, 5.41) is 0. The average Bonchev–Trinajstić information content (AvgIpc) is 2.54. The summed E-state index contributed by atoms with van der Waals surface area (Å²) >= 11 is 2.01. The molecule has 0 saturated carbocycles. The third kappa shape index (κ3) is 3.11. The number of thioether (sulfide) groups is 1. The van der Waals surface area contributed by atoms with Crippen LogP contribution in [0.2, 0.25) is 0 Å². The van der Waals surface area contributed by atoms with Gasteiger partial charge in [-0.2, -0.15) is 11.8 Å². The lowest BCUT2D eigenvalue weighted by atomic mass is 10.3. The van der Waals surface area contributed by atoms with Crippen LogP contribution in [0.1, 0.15) is 22.7 Å². The Kier molecular flexibility index (Phi) is 3.86. The summed E-state index contributed by atoms with van der Waals surface area (Å²) in [5.74, 6) is 3.77. The minimum atomic E-state index is 0.425. The third-order valence-electron chi connectivity index (χ3n) is 2.49. The van der Waals surface area contributed by atoms with E-state index in [0.717, 1.165) is 31.7 Å². The van der Waals surface area contributed by atoms with E-state index in [1.807, 2.05) is 17.8 Å². The highest BCUT2D eigenvalue weighted by atomic mass is 32.2. The number of furan rings is 1. The predicted molar refractivity (Wildman–Crippen MR) is 61.3 cm³/mol. The van der Waals surface area contributed by atoms with Crippen LogP contribution in [-0.4, -0.2) is 35.8 Å². The molecule has 4 heteroatoms. The number of rotatable bonds is 3. The van der Waals surface area contributed by atoms with Gasteiger partial charge in [-0.25, -0.2) is 0 Å². The normalized spacial score (nSPS) is 18.7. The highest BCUT2D eigenvalue weighted by Crippen LogP contribution is 2.14. The summed E-state index contributed by atoms with van der Waals surface area (Å²) in [5.41, 5.74) is 0. The molecule has 0 bridgehead atoms. The molecule has 1 aliphatic heterocycles. The second-order valence-corrected chi connectivity index (χ2v) is 4.89. The molecule has 0 aliphatic carbocycles. The van der Waals surface area contributed by atoms with Gasteiger partial charge in [-0.15, -0.1) is 0 Å². The number of hydrogen-bond acceptors (Lipinski definition) is 4. The summed E-state index contributed by atoms with van der Waals surface area (Å²) < 4.78 is 5.36. The van der Waals surface area contributed by atoms with E-state index < -0.39 is 0 Å². The van der Waals surface area contributed by atoms with Gasteiger partial charge in [0.2, 0.25) is 0 Å². The van der Waals surface area contributed by atoms with Crippen molar-refractivity contribution in [1.82, 2.24) is 4.90 Å². The van der Waals surface area contributed by atoms with Gasteiger partial charge in [-0.05, 0) is 30.9 Å². The molecule has 2 rings (SSSR count). The van der Waals surface area contributed by atoms with Gasteiger partial charge in [-0.3, -0.25) is 9.69 Å². The number of aldehydes is 1. The molecule has 0 N–H and O–H groups in total. The van der Waals surface area contributed by atoms with Gasteiger partial charge in [0.25, 0.3) is 0 Å². The van der Waals surface area contributed by atoms with Crippen LogP contribution in [0.3, 0.4) is 0 Å². The zero-order chi connectivity index (χ0) is 10.5. The van der Waals surface area contributed by atoms with Crippen molar-refractivity contribution in [3.05, 3.63) is 23.7 Å². The fourth-order valence-corrected chi connectivity index (χ4v) is 2.64. The van der Waals surface area contributed by atoms with Gasteiger partial charge in [0, 0.05) is 12.3 Å². The molecule has 0 amide bonds. The maximum atomic E-state index is 10.5. The molecule has 0 radical (unpaired) electrons. The van der Waals surface area contributed by atoms with Crippen molar-refractivity contribution in [3.8, 4) is 0 Å². The van der Waals surface area contributed by atoms with E-state index in [1.165, 1.54) is 17.9 Å². The van der Waals surface area contributed by atoms with Crippen molar-refractivity contribution >= 4 is 18.0 Å². The Morgan fingerprint density at radius 2 is 2.33 bits per heavy atom. The SMILES string of the molecule is O=Cc1ccc(CN2CCCSCC2)o1. The quantitative estimate of drug-likeness (QED) is 0.737. The van der Waals surface area contributed by atoms with Crippen LogP contribution < -0.4 is 0 Å². The van der Waals surface area contributed by atoms with E-state index in [4.69, 9.17) is 4.42 Å². The number of carbonyl (C=O) groups excluding carboxylic acids is 1. The van der Waals surface area contributed by atoms with Crippen molar-refractivity contribution < 1.29 is 9.21 Å². The molecule has 2 heterocycles. The second-order valence-electron chi connectivity index (χ2n) is 3.66. The van der Waals surface area contributed by atoms with Crippen LogP contribution in [0.5, 0.6) is 0 Å². The van der Waals surface area contributed by atoms with Gasteiger partial charge >= 0.3 is 0 Å². The average molecular weight is 225 g/mol. The van der Waals surface area contributed by atoms with Crippen molar-refractivity contribution in [2.75, 3.05) is 24.6 Å². The van der Waals surface area contributed by atoms with Gasteiger partial charge in [-0.1, -0.05) is 0 Å². The zero-order valence-electron chi connectivity index (χ0n) is 8.65. The van der Waals surface area contributed by atoms with E-state index >= 15 is 0 Å². The van der Waals surface area contributed by atoms with E-state index in [1.54, 1.807) is 6.07 Å². The Balaban J connectivity index is 1.91. The van der Waals surface area contributed by atoms with Crippen LogP contribution in [0.25, 0.3) is 0 Å². The molecule has 1 fully saturated rings. The molecule has 3 nitrogen and oxygen atoms in total. The Bertz CT molecular complexity index is 316. The predicted octanol–water partition coefficient (Wildman–Crippen LogP) is 2.03. The lowest BCUT2D eigenvalue weighted by molar-refractivity contribution is 0.109. The molecule has 0 aromatic carbocycles. The minimum absolute atomic E-state index is 0.425. The first-order valence-electron chi connectivity index (χ1n) is 5.22. The van der Waals surface area contributed by atoms with E-state index in [2.05, 4.69) is 4.90 Å².